The fourth-order valence-electron chi connectivity index (χ4n) is 4.48. The van der Waals surface area contributed by atoms with Gasteiger partial charge in [-0.05, 0) is 70.4 Å². The number of rotatable bonds is 3. The highest BCUT2D eigenvalue weighted by Crippen LogP contribution is 2.47. The van der Waals surface area contributed by atoms with Gasteiger partial charge in [0.2, 0.25) is 0 Å². The van der Waals surface area contributed by atoms with Crippen LogP contribution in [-0.4, -0.2) is 20.4 Å². The van der Waals surface area contributed by atoms with E-state index in [9.17, 15) is 20.4 Å². The van der Waals surface area contributed by atoms with Crippen molar-refractivity contribution in [3.8, 4) is 23.0 Å². The Balaban J connectivity index is 1.93. The molecule has 4 N–H and O–H groups in total. The lowest BCUT2D eigenvalue weighted by Gasteiger charge is -2.24. The van der Waals surface area contributed by atoms with E-state index in [1.807, 2.05) is 31.2 Å². The van der Waals surface area contributed by atoms with Gasteiger partial charge in [0.05, 0.1) is 0 Å². The number of phenols is 4. The molecule has 4 nitrogen and oxygen atoms in total. The topological polar surface area (TPSA) is 80.9 Å². The maximum Gasteiger partial charge on any atom is 0.120 e. The SMILES string of the molecule is Cc1ccc(C(c2c(O)ccc3ccc(O)cc23)c2c(O)ccc3ccc(O)cc23)cc1. The summed E-state index contributed by atoms with van der Waals surface area (Å²) in [5.74, 6) is -0.249. The molecule has 5 aromatic carbocycles. The summed E-state index contributed by atoms with van der Waals surface area (Å²) in [4.78, 5) is 0. The van der Waals surface area contributed by atoms with E-state index in [4.69, 9.17) is 0 Å². The van der Waals surface area contributed by atoms with Crippen LogP contribution >= 0.6 is 0 Å². The first-order valence-corrected chi connectivity index (χ1v) is 10.4. The minimum atomic E-state index is -0.549. The van der Waals surface area contributed by atoms with Gasteiger partial charge in [0.25, 0.3) is 0 Å². The summed E-state index contributed by atoms with van der Waals surface area (Å²) in [5, 5.41) is 45.6. The van der Waals surface area contributed by atoms with E-state index in [0.29, 0.717) is 21.9 Å². The monoisotopic (exact) mass is 422 g/mol. The minimum Gasteiger partial charge on any atom is -0.508 e. The fourth-order valence-corrected chi connectivity index (χ4v) is 4.48. The molecule has 0 unspecified atom stereocenters. The molecular formula is C28H22O4. The van der Waals surface area contributed by atoms with Crippen LogP contribution < -0.4 is 0 Å². The maximum atomic E-state index is 11.1. The molecule has 0 aliphatic heterocycles. The van der Waals surface area contributed by atoms with E-state index in [2.05, 4.69) is 0 Å². The van der Waals surface area contributed by atoms with Gasteiger partial charge in [-0.2, -0.15) is 0 Å². The van der Waals surface area contributed by atoms with Crippen molar-refractivity contribution in [1.82, 2.24) is 0 Å². The van der Waals surface area contributed by atoms with Crippen LogP contribution in [-0.2, 0) is 0 Å². The van der Waals surface area contributed by atoms with Gasteiger partial charge >= 0.3 is 0 Å². The molecule has 0 spiro atoms. The zero-order chi connectivity index (χ0) is 22.4. The molecule has 4 heteroatoms. The van der Waals surface area contributed by atoms with Gasteiger partial charge in [-0.15, -0.1) is 0 Å². The lowest BCUT2D eigenvalue weighted by Crippen LogP contribution is -2.06. The van der Waals surface area contributed by atoms with Crippen molar-refractivity contribution >= 4 is 21.5 Å². The third-order valence-corrected chi connectivity index (χ3v) is 6.04. The van der Waals surface area contributed by atoms with Gasteiger partial charge in [-0.1, -0.05) is 54.1 Å². The molecule has 0 aromatic heterocycles. The van der Waals surface area contributed by atoms with Crippen LogP contribution in [0.4, 0.5) is 0 Å². The van der Waals surface area contributed by atoms with Gasteiger partial charge in [-0.3, -0.25) is 0 Å². The first kappa shape index (κ1) is 19.8. The fraction of sp³-hybridized carbons (Fsp3) is 0.0714. The minimum absolute atomic E-state index is 0.0604. The number of benzene rings is 5. The lowest BCUT2D eigenvalue weighted by atomic mass is 9.79. The predicted molar refractivity (Wildman–Crippen MR) is 127 cm³/mol. The predicted octanol–water partition coefficient (Wildman–Crippen LogP) is 6.30. The molecule has 0 radical (unpaired) electrons. The number of hydrogen-bond acceptors (Lipinski definition) is 4. The Morgan fingerprint density at radius 2 is 0.969 bits per heavy atom. The molecule has 5 aromatic rings. The van der Waals surface area contributed by atoms with Crippen molar-refractivity contribution in [2.45, 2.75) is 12.8 Å². The summed E-state index contributed by atoms with van der Waals surface area (Å²) in [6, 6.07) is 24.9. The van der Waals surface area contributed by atoms with Crippen LogP contribution in [0.5, 0.6) is 23.0 Å². The third kappa shape index (κ3) is 3.26. The van der Waals surface area contributed by atoms with Crippen molar-refractivity contribution in [2.75, 3.05) is 0 Å². The Labute approximate surface area is 185 Å². The Hall–Kier alpha value is -4.18. The van der Waals surface area contributed by atoms with E-state index in [1.165, 1.54) is 0 Å². The van der Waals surface area contributed by atoms with Crippen LogP contribution in [0.2, 0.25) is 0 Å². The van der Waals surface area contributed by atoms with E-state index in [1.54, 1.807) is 60.7 Å². The highest BCUT2D eigenvalue weighted by molar-refractivity contribution is 5.94. The number of aryl methyl sites for hydroxylation is 1. The van der Waals surface area contributed by atoms with Gasteiger partial charge in [0.1, 0.15) is 23.0 Å². The molecule has 32 heavy (non-hydrogen) atoms. The Bertz CT molecular complexity index is 1370. The highest BCUT2D eigenvalue weighted by atomic mass is 16.3. The van der Waals surface area contributed by atoms with E-state index < -0.39 is 5.92 Å². The molecule has 0 heterocycles. The average Bonchev–Trinajstić information content (AvgIpc) is 2.77. The van der Waals surface area contributed by atoms with Crippen LogP contribution in [0.15, 0.2) is 84.9 Å². The van der Waals surface area contributed by atoms with Gasteiger partial charge in [-0.25, -0.2) is 0 Å². The standard InChI is InChI=1S/C28H22O4/c1-16-2-4-19(5-3-16)26(27-22-14-20(29)10-6-17(22)8-12-24(27)31)28-23-15-21(30)11-7-18(23)9-13-25(28)32/h2-15,26,29-32H,1H3. The van der Waals surface area contributed by atoms with E-state index in [0.717, 1.165) is 21.9 Å². The van der Waals surface area contributed by atoms with Crippen molar-refractivity contribution in [3.63, 3.8) is 0 Å². The van der Waals surface area contributed by atoms with Crippen LogP contribution in [0, 0.1) is 6.92 Å². The van der Waals surface area contributed by atoms with Crippen LogP contribution in [0.1, 0.15) is 28.2 Å². The molecule has 0 bridgehead atoms. The van der Waals surface area contributed by atoms with Crippen molar-refractivity contribution in [2.24, 2.45) is 0 Å². The molecule has 0 atom stereocenters. The Kier molecular flexibility index (Phi) is 4.63. The van der Waals surface area contributed by atoms with Crippen LogP contribution in [0.25, 0.3) is 21.5 Å². The summed E-state index contributed by atoms with van der Waals surface area (Å²) in [6.07, 6.45) is 0. The summed E-state index contributed by atoms with van der Waals surface area (Å²) in [7, 11) is 0. The second-order valence-electron chi connectivity index (χ2n) is 8.15. The highest BCUT2D eigenvalue weighted by Gasteiger charge is 2.27. The molecule has 0 saturated heterocycles. The molecular weight excluding hydrogens is 400 g/mol. The van der Waals surface area contributed by atoms with Gasteiger partial charge < -0.3 is 20.4 Å². The smallest absolute Gasteiger partial charge is 0.120 e. The van der Waals surface area contributed by atoms with E-state index in [-0.39, 0.29) is 23.0 Å². The lowest BCUT2D eigenvalue weighted by molar-refractivity contribution is 0.460. The first-order chi connectivity index (χ1) is 15.4. The summed E-state index contributed by atoms with van der Waals surface area (Å²) < 4.78 is 0. The van der Waals surface area contributed by atoms with Crippen molar-refractivity contribution < 1.29 is 20.4 Å². The first-order valence-electron chi connectivity index (χ1n) is 10.4. The second-order valence-corrected chi connectivity index (χ2v) is 8.15. The van der Waals surface area contributed by atoms with Gasteiger partial charge in [0, 0.05) is 17.0 Å². The van der Waals surface area contributed by atoms with Crippen molar-refractivity contribution in [3.05, 3.63) is 107 Å². The Morgan fingerprint density at radius 1 is 0.531 bits per heavy atom. The normalized spacial score (nSPS) is 11.4. The maximum absolute atomic E-state index is 11.1. The van der Waals surface area contributed by atoms with E-state index >= 15 is 0 Å². The second kappa shape index (κ2) is 7.50. The number of phenolic OH excluding ortho intramolecular Hbond substituents is 4. The summed E-state index contributed by atoms with van der Waals surface area (Å²) in [6.45, 7) is 2.00. The molecule has 5 rings (SSSR count). The molecule has 158 valence electrons. The number of fused-ring (bicyclic) bond motifs is 2. The molecule has 0 fully saturated rings. The van der Waals surface area contributed by atoms with Crippen LogP contribution in [0.3, 0.4) is 0 Å². The molecule has 0 aliphatic rings. The zero-order valence-electron chi connectivity index (χ0n) is 17.4. The largest absolute Gasteiger partial charge is 0.508 e. The Morgan fingerprint density at radius 3 is 1.44 bits per heavy atom. The quantitative estimate of drug-likeness (QED) is 0.257. The van der Waals surface area contributed by atoms with Gasteiger partial charge in [0.15, 0.2) is 0 Å². The average molecular weight is 422 g/mol. The molecule has 0 amide bonds. The zero-order valence-corrected chi connectivity index (χ0v) is 17.4. The summed E-state index contributed by atoms with van der Waals surface area (Å²) in [5.41, 5.74) is 3.11. The summed E-state index contributed by atoms with van der Waals surface area (Å²) >= 11 is 0. The van der Waals surface area contributed by atoms with Crippen molar-refractivity contribution in [1.29, 1.82) is 0 Å². The third-order valence-electron chi connectivity index (χ3n) is 6.04. The number of aromatic hydroxyl groups is 4. The molecule has 0 aliphatic carbocycles. The number of hydrogen-bond donors (Lipinski definition) is 4. The molecule has 0 saturated carbocycles.